The van der Waals surface area contributed by atoms with E-state index in [9.17, 15) is 8.42 Å². The van der Waals surface area contributed by atoms with Gasteiger partial charge in [0.15, 0.2) is 5.76 Å². The van der Waals surface area contributed by atoms with E-state index >= 15 is 0 Å². The quantitative estimate of drug-likeness (QED) is 0.880. The first kappa shape index (κ1) is 13.8. The van der Waals surface area contributed by atoms with Crippen LogP contribution in [0.3, 0.4) is 0 Å². The van der Waals surface area contributed by atoms with Gasteiger partial charge in [-0.15, -0.1) is 0 Å². The molecule has 0 saturated carbocycles. The lowest BCUT2D eigenvalue weighted by Crippen LogP contribution is -2.25. The highest BCUT2D eigenvalue weighted by Crippen LogP contribution is 2.17. The largest absolute Gasteiger partial charge is 0.463 e. The molecular weight excluding hydrogens is 264 g/mol. The summed E-state index contributed by atoms with van der Waals surface area (Å²) in [6.07, 6.45) is 3.83. The number of sulfonamides is 1. The van der Waals surface area contributed by atoms with Crippen molar-refractivity contribution in [1.29, 1.82) is 0 Å². The second kappa shape index (κ2) is 5.99. The third-order valence-corrected chi connectivity index (χ3v) is 4.10. The van der Waals surface area contributed by atoms with E-state index in [1.54, 1.807) is 18.5 Å². The first-order valence-corrected chi connectivity index (χ1v) is 7.72. The molecule has 2 aromatic rings. The van der Waals surface area contributed by atoms with Gasteiger partial charge in [0, 0.05) is 12.7 Å². The van der Waals surface area contributed by atoms with E-state index < -0.39 is 10.0 Å². The molecule has 0 saturated heterocycles. The molecule has 1 N–H and O–H groups in total. The van der Waals surface area contributed by atoms with Crippen LogP contribution in [0.15, 0.2) is 41.1 Å². The van der Waals surface area contributed by atoms with E-state index in [2.05, 4.69) is 9.71 Å². The predicted molar refractivity (Wildman–Crippen MR) is 72.9 cm³/mol. The van der Waals surface area contributed by atoms with Crippen LogP contribution >= 0.6 is 0 Å². The third-order valence-electron chi connectivity index (χ3n) is 2.57. The summed E-state index contributed by atoms with van der Waals surface area (Å²) < 4.78 is 30.8. The van der Waals surface area contributed by atoms with Crippen molar-refractivity contribution in [3.63, 3.8) is 0 Å². The molecule has 0 unspecified atom stereocenters. The van der Waals surface area contributed by atoms with Crippen molar-refractivity contribution in [3.05, 3.63) is 42.3 Å². The number of hydrogen-bond donors (Lipinski definition) is 1. The molecule has 0 aliphatic rings. The fraction of sp³-hybridized carbons (Fsp3) is 0.308. The molecule has 19 heavy (non-hydrogen) atoms. The van der Waals surface area contributed by atoms with Crippen LogP contribution in [0.25, 0.3) is 11.5 Å². The summed E-state index contributed by atoms with van der Waals surface area (Å²) in [6.45, 7) is 2.09. The smallest absolute Gasteiger partial charge is 0.211 e. The van der Waals surface area contributed by atoms with Gasteiger partial charge in [-0.05, 0) is 30.2 Å². The predicted octanol–water partition coefficient (Wildman–Crippen LogP) is 2.17. The summed E-state index contributed by atoms with van der Waals surface area (Å²) in [7, 11) is -3.18. The molecular formula is C13H16N2O3S. The molecule has 102 valence electrons. The summed E-state index contributed by atoms with van der Waals surface area (Å²) >= 11 is 0. The zero-order valence-corrected chi connectivity index (χ0v) is 11.5. The van der Waals surface area contributed by atoms with Gasteiger partial charge in [0.05, 0.1) is 12.0 Å². The zero-order valence-electron chi connectivity index (χ0n) is 10.7. The van der Waals surface area contributed by atoms with E-state index in [1.165, 1.54) is 0 Å². The molecule has 0 bridgehead atoms. The normalized spacial score (nSPS) is 11.6. The van der Waals surface area contributed by atoms with Gasteiger partial charge in [-0.2, -0.15) is 0 Å². The Balaban J connectivity index is 2.00. The van der Waals surface area contributed by atoms with Crippen molar-refractivity contribution >= 4 is 10.0 Å². The Hall–Kier alpha value is -1.66. The maximum Gasteiger partial charge on any atom is 0.211 e. The molecule has 0 atom stereocenters. The van der Waals surface area contributed by atoms with E-state index in [4.69, 9.17) is 4.42 Å². The van der Waals surface area contributed by atoms with Crippen molar-refractivity contribution in [3.8, 4) is 11.5 Å². The van der Waals surface area contributed by atoms with Gasteiger partial charge in [0.2, 0.25) is 10.0 Å². The second-order valence-electron chi connectivity index (χ2n) is 4.17. The van der Waals surface area contributed by atoms with Crippen LogP contribution in [0.2, 0.25) is 0 Å². The highest BCUT2D eigenvalue weighted by atomic mass is 32.2. The van der Waals surface area contributed by atoms with Crippen molar-refractivity contribution in [2.45, 2.75) is 19.9 Å². The monoisotopic (exact) mass is 280 g/mol. The van der Waals surface area contributed by atoms with Crippen LogP contribution in [0.4, 0.5) is 0 Å². The molecule has 2 rings (SSSR count). The van der Waals surface area contributed by atoms with E-state index in [0.717, 1.165) is 11.3 Å². The average molecular weight is 280 g/mol. The van der Waals surface area contributed by atoms with Gasteiger partial charge in [-0.1, -0.05) is 13.0 Å². The van der Waals surface area contributed by atoms with Crippen molar-refractivity contribution in [1.82, 2.24) is 9.71 Å². The Bertz CT molecular complexity index is 604. The van der Waals surface area contributed by atoms with Gasteiger partial charge in [0.25, 0.3) is 0 Å². The molecule has 0 aliphatic heterocycles. The van der Waals surface area contributed by atoms with E-state index in [0.29, 0.717) is 12.2 Å². The fourth-order valence-corrected chi connectivity index (χ4v) is 2.70. The second-order valence-corrected chi connectivity index (χ2v) is 6.10. The maximum absolute atomic E-state index is 11.5. The van der Waals surface area contributed by atoms with Crippen LogP contribution in [0.5, 0.6) is 0 Å². The highest BCUT2D eigenvalue weighted by Gasteiger charge is 2.08. The molecule has 2 aromatic heterocycles. The molecule has 0 aliphatic carbocycles. The van der Waals surface area contributed by atoms with Gasteiger partial charge in [0.1, 0.15) is 5.69 Å². The van der Waals surface area contributed by atoms with Gasteiger partial charge in [-0.3, -0.25) is 4.98 Å². The van der Waals surface area contributed by atoms with Gasteiger partial charge in [-0.25, -0.2) is 13.1 Å². The lowest BCUT2D eigenvalue weighted by atomic mass is 10.2. The maximum atomic E-state index is 11.5. The van der Waals surface area contributed by atoms with Crippen molar-refractivity contribution < 1.29 is 12.8 Å². The van der Waals surface area contributed by atoms with Crippen LogP contribution in [0, 0.1) is 0 Å². The lowest BCUT2D eigenvalue weighted by Gasteiger charge is -2.05. The Kier molecular flexibility index (Phi) is 4.34. The van der Waals surface area contributed by atoms with Crippen molar-refractivity contribution in [2.24, 2.45) is 0 Å². The summed E-state index contributed by atoms with van der Waals surface area (Å²) in [5.41, 5.74) is 1.54. The number of pyridine rings is 1. The minimum Gasteiger partial charge on any atom is -0.463 e. The zero-order chi connectivity index (χ0) is 13.7. The van der Waals surface area contributed by atoms with Gasteiger partial charge >= 0.3 is 0 Å². The van der Waals surface area contributed by atoms with Crippen LogP contribution in [-0.2, 0) is 16.6 Å². The fourth-order valence-electron chi connectivity index (χ4n) is 1.63. The SMILES string of the molecule is CCCS(=O)(=O)NCc1ccc(-c2ccco2)nc1. The van der Waals surface area contributed by atoms with Crippen LogP contribution in [-0.4, -0.2) is 19.2 Å². The minimum absolute atomic E-state index is 0.144. The number of furan rings is 1. The Labute approximate surface area is 112 Å². The highest BCUT2D eigenvalue weighted by molar-refractivity contribution is 7.89. The van der Waals surface area contributed by atoms with Crippen LogP contribution in [0.1, 0.15) is 18.9 Å². The Morgan fingerprint density at radius 3 is 2.74 bits per heavy atom. The summed E-state index contributed by atoms with van der Waals surface area (Å²) in [5.74, 6) is 0.836. The van der Waals surface area contributed by atoms with Crippen molar-refractivity contribution in [2.75, 3.05) is 5.75 Å². The summed E-state index contributed by atoms with van der Waals surface area (Å²) in [4.78, 5) is 4.24. The summed E-state index contributed by atoms with van der Waals surface area (Å²) in [5, 5.41) is 0. The number of nitrogens with zero attached hydrogens (tertiary/aromatic N) is 1. The molecule has 0 radical (unpaired) electrons. The first-order chi connectivity index (χ1) is 9.11. The standard InChI is InChI=1S/C13H16N2O3S/c1-2-8-19(16,17)15-10-11-5-6-12(14-9-11)13-4-3-7-18-13/h3-7,9,15H,2,8,10H2,1H3. The number of aromatic nitrogens is 1. The van der Waals surface area contributed by atoms with Gasteiger partial charge < -0.3 is 4.42 Å². The first-order valence-electron chi connectivity index (χ1n) is 6.07. The van der Waals surface area contributed by atoms with E-state index in [-0.39, 0.29) is 12.3 Å². The summed E-state index contributed by atoms with van der Waals surface area (Å²) in [6, 6.07) is 7.26. The molecule has 0 spiro atoms. The topological polar surface area (TPSA) is 72.2 Å². The molecule has 2 heterocycles. The molecule has 6 heteroatoms. The van der Waals surface area contributed by atoms with Crippen LogP contribution < -0.4 is 4.72 Å². The molecule has 0 aromatic carbocycles. The number of rotatable bonds is 6. The number of nitrogens with one attached hydrogen (secondary N) is 1. The number of hydrogen-bond acceptors (Lipinski definition) is 4. The molecule has 0 amide bonds. The Morgan fingerprint density at radius 1 is 1.32 bits per heavy atom. The average Bonchev–Trinajstić information content (AvgIpc) is 2.91. The molecule has 0 fully saturated rings. The lowest BCUT2D eigenvalue weighted by molar-refractivity contribution is 0.578. The third kappa shape index (κ3) is 3.90. The Morgan fingerprint density at radius 2 is 2.16 bits per heavy atom. The molecule has 5 nitrogen and oxygen atoms in total. The van der Waals surface area contributed by atoms with E-state index in [1.807, 2.05) is 25.1 Å². The minimum atomic E-state index is -3.18.